The Kier molecular flexibility index (Phi) is 1.95. The van der Waals surface area contributed by atoms with E-state index in [9.17, 15) is 0 Å². The fourth-order valence-corrected chi connectivity index (χ4v) is 2.04. The van der Waals surface area contributed by atoms with Crippen molar-refractivity contribution >= 4 is 28.5 Å². The highest BCUT2D eigenvalue weighted by molar-refractivity contribution is 6.22. The molecule has 0 aromatic carbocycles. The van der Waals surface area contributed by atoms with Crippen molar-refractivity contribution in [1.82, 2.24) is 15.0 Å². The van der Waals surface area contributed by atoms with Gasteiger partial charge in [-0.1, -0.05) is 0 Å². The Hall–Kier alpha value is -1.42. The number of halogens is 1. The largest absolute Gasteiger partial charge is 0.352 e. The molecule has 0 saturated carbocycles. The predicted molar refractivity (Wildman–Crippen MR) is 59.2 cm³/mol. The van der Waals surface area contributed by atoms with E-state index in [1.807, 2.05) is 12.1 Å². The summed E-state index contributed by atoms with van der Waals surface area (Å²) < 4.78 is 0. The summed E-state index contributed by atoms with van der Waals surface area (Å²) in [6, 6.07) is 3.81. The van der Waals surface area contributed by atoms with Crippen LogP contribution >= 0.6 is 11.6 Å². The van der Waals surface area contributed by atoms with Gasteiger partial charge in [0.1, 0.15) is 11.8 Å². The molecule has 0 spiro atoms. The van der Waals surface area contributed by atoms with Crippen molar-refractivity contribution in [2.45, 2.75) is 5.38 Å². The fraction of sp³-hybridized carbons (Fsp3) is 0.300. The Morgan fingerprint density at radius 1 is 1.27 bits per heavy atom. The minimum absolute atomic E-state index is 0.235. The van der Waals surface area contributed by atoms with Crippen LogP contribution in [0, 0.1) is 0 Å². The molecule has 3 heterocycles. The van der Waals surface area contributed by atoms with Gasteiger partial charge >= 0.3 is 0 Å². The molecule has 0 bridgehead atoms. The van der Waals surface area contributed by atoms with Gasteiger partial charge < -0.3 is 4.90 Å². The van der Waals surface area contributed by atoms with Crippen molar-refractivity contribution < 1.29 is 0 Å². The Morgan fingerprint density at radius 3 is 2.93 bits per heavy atom. The average molecular weight is 221 g/mol. The van der Waals surface area contributed by atoms with Crippen molar-refractivity contribution in [3.8, 4) is 0 Å². The lowest BCUT2D eigenvalue weighted by Gasteiger charge is -2.36. The summed E-state index contributed by atoms with van der Waals surface area (Å²) in [6.07, 6.45) is 3.33. The van der Waals surface area contributed by atoms with Gasteiger partial charge in [-0.2, -0.15) is 0 Å². The number of aromatic nitrogens is 3. The van der Waals surface area contributed by atoms with E-state index in [4.69, 9.17) is 11.6 Å². The standard InChI is InChI=1S/C10H9ClN4/c11-7-4-15(5-7)10-9-8(13-6-14-10)2-1-3-12-9/h1-3,6-7H,4-5H2. The van der Waals surface area contributed by atoms with Crippen LogP contribution in [-0.4, -0.2) is 33.4 Å². The molecule has 2 aromatic heterocycles. The first-order valence-electron chi connectivity index (χ1n) is 4.79. The summed E-state index contributed by atoms with van der Waals surface area (Å²) in [4.78, 5) is 14.8. The van der Waals surface area contributed by atoms with Crippen molar-refractivity contribution in [3.05, 3.63) is 24.7 Å². The van der Waals surface area contributed by atoms with E-state index in [1.54, 1.807) is 12.5 Å². The van der Waals surface area contributed by atoms with E-state index < -0.39 is 0 Å². The second-order valence-electron chi connectivity index (χ2n) is 3.57. The zero-order valence-corrected chi connectivity index (χ0v) is 8.72. The predicted octanol–water partition coefficient (Wildman–Crippen LogP) is 1.45. The first kappa shape index (κ1) is 8.85. The van der Waals surface area contributed by atoms with E-state index in [-0.39, 0.29) is 5.38 Å². The molecule has 76 valence electrons. The van der Waals surface area contributed by atoms with Gasteiger partial charge in [0.25, 0.3) is 0 Å². The van der Waals surface area contributed by atoms with Crippen LogP contribution in [0.1, 0.15) is 0 Å². The van der Waals surface area contributed by atoms with E-state index in [1.165, 1.54) is 0 Å². The van der Waals surface area contributed by atoms with Gasteiger partial charge in [-0.15, -0.1) is 11.6 Å². The van der Waals surface area contributed by atoms with Crippen LogP contribution in [0.25, 0.3) is 11.0 Å². The van der Waals surface area contributed by atoms with Crippen LogP contribution in [0.3, 0.4) is 0 Å². The Bertz CT molecular complexity index is 490. The average Bonchev–Trinajstić information content (AvgIpc) is 2.24. The molecule has 4 nitrogen and oxygen atoms in total. The molecule has 2 aromatic rings. The van der Waals surface area contributed by atoms with Gasteiger partial charge in [-0.05, 0) is 12.1 Å². The minimum Gasteiger partial charge on any atom is -0.352 e. The second kappa shape index (κ2) is 3.31. The van der Waals surface area contributed by atoms with Crippen molar-refractivity contribution in [3.63, 3.8) is 0 Å². The highest BCUT2D eigenvalue weighted by atomic mass is 35.5. The van der Waals surface area contributed by atoms with Gasteiger partial charge in [0.15, 0.2) is 5.82 Å². The maximum absolute atomic E-state index is 5.94. The molecule has 1 fully saturated rings. The number of hydrogen-bond acceptors (Lipinski definition) is 4. The van der Waals surface area contributed by atoms with Crippen molar-refractivity contribution in [2.24, 2.45) is 0 Å². The summed E-state index contributed by atoms with van der Waals surface area (Å²) in [7, 11) is 0. The fourth-order valence-electron chi connectivity index (χ4n) is 1.71. The zero-order valence-electron chi connectivity index (χ0n) is 7.97. The molecule has 0 atom stereocenters. The SMILES string of the molecule is ClC1CN(c2ncnc3cccnc23)C1. The Labute approximate surface area is 91.9 Å². The molecule has 0 unspecified atom stereocenters. The molecule has 0 amide bonds. The molecule has 15 heavy (non-hydrogen) atoms. The summed E-state index contributed by atoms with van der Waals surface area (Å²) >= 11 is 5.94. The van der Waals surface area contributed by atoms with Gasteiger partial charge in [0, 0.05) is 19.3 Å². The lowest BCUT2D eigenvalue weighted by Crippen LogP contribution is -2.48. The van der Waals surface area contributed by atoms with Crippen LogP contribution in [0.5, 0.6) is 0 Å². The van der Waals surface area contributed by atoms with Crippen LogP contribution in [0.2, 0.25) is 0 Å². The van der Waals surface area contributed by atoms with Crippen LogP contribution in [-0.2, 0) is 0 Å². The molecule has 1 aliphatic heterocycles. The minimum atomic E-state index is 0.235. The maximum Gasteiger partial charge on any atom is 0.158 e. The number of fused-ring (bicyclic) bond motifs is 1. The maximum atomic E-state index is 5.94. The highest BCUT2D eigenvalue weighted by Crippen LogP contribution is 2.26. The quantitative estimate of drug-likeness (QED) is 0.683. The van der Waals surface area contributed by atoms with Gasteiger partial charge in [-0.25, -0.2) is 9.97 Å². The Balaban J connectivity index is 2.10. The highest BCUT2D eigenvalue weighted by Gasteiger charge is 2.27. The first-order valence-corrected chi connectivity index (χ1v) is 5.23. The van der Waals surface area contributed by atoms with Gasteiger partial charge in [-0.3, -0.25) is 4.98 Å². The zero-order chi connectivity index (χ0) is 10.3. The van der Waals surface area contributed by atoms with Crippen LogP contribution < -0.4 is 4.90 Å². The summed E-state index contributed by atoms with van der Waals surface area (Å²) in [6.45, 7) is 1.68. The smallest absolute Gasteiger partial charge is 0.158 e. The molecule has 0 radical (unpaired) electrons. The molecule has 0 aliphatic carbocycles. The van der Waals surface area contributed by atoms with Gasteiger partial charge in [0.05, 0.1) is 10.9 Å². The summed E-state index contributed by atoms with van der Waals surface area (Å²) in [5.74, 6) is 0.887. The van der Waals surface area contributed by atoms with E-state index in [0.29, 0.717) is 0 Å². The molecule has 5 heteroatoms. The lowest BCUT2D eigenvalue weighted by atomic mass is 10.2. The molecule has 3 rings (SSSR count). The lowest BCUT2D eigenvalue weighted by molar-refractivity contribution is 0.620. The van der Waals surface area contributed by atoms with Crippen molar-refractivity contribution in [1.29, 1.82) is 0 Å². The third-order valence-corrected chi connectivity index (χ3v) is 2.79. The molecule has 1 aliphatic rings. The molecular weight excluding hydrogens is 212 g/mol. The summed E-state index contributed by atoms with van der Waals surface area (Å²) in [5, 5.41) is 0.235. The van der Waals surface area contributed by atoms with Crippen LogP contribution in [0.4, 0.5) is 5.82 Å². The number of pyridine rings is 1. The third-order valence-electron chi connectivity index (χ3n) is 2.51. The molecule has 0 N–H and O–H groups in total. The number of nitrogens with zero attached hydrogens (tertiary/aromatic N) is 4. The molecular formula is C10H9ClN4. The van der Waals surface area contributed by atoms with Crippen molar-refractivity contribution in [2.75, 3.05) is 18.0 Å². The van der Waals surface area contributed by atoms with E-state index >= 15 is 0 Å². The summed E-state index contributed by atoms with van der Waals surface area (Å²) in [5.41, 5.74) is 1.73. The topological polar surface area (TPSA) is 41.9 Å². The Morgan fingerprint density at radius 2 is 2.13 bits per heavy atom. The normalized spacial score (nSPS) is 16.7. The number of rotatable bonds is 1. The number of alkyl halides is 1. The number of hydrogen-bond donors (Lipinski definition) is 0. The second-order valence-corrected chi connectivity index (χ2v) is 4.19. The van der Waals surface area contributed by atoms with E-state index in [2.05, 4.69) is 19.9 Å². The first-order chi connectivity index (χ1) is 7.34. The van der Waals surface area contributed by atoms with Gasteiger partial charge in [0.2, 0.25) is 0 Å². The monoisotopic (exact) mass is 220 g/mol. The third kappa shape index (κ3) is 1.41. The molecule has 1 saturated heterocycles. The van der Waals surface area contributed by atoms with E-state index in [0.717, 1.165) is 29.9 Å². The van der Waals surface area contributed by atoms with Crippen LogP contribution in [0.15, 0.2) is 24.7 Å². The number of anilines is 1.